The average molecular weight is 128 g/mol. The highest BCUT2D eigenvalue weighted by molar-refractivity contribution is 6.38. The van der Waals surface area contributed by atoms with Crippen molar-refractivity contribution in [3.63, 3.8) is 0 Å². The van der Waals surface area contributed by atoms with Crippen molar-refractivity contribution in [2.45, 2.75) is 6.92 Å². The van der Waals surface area contributed by atoms with Crippen LogP contribution in [-0.2, 0) is 9.53 Å². The molecule has 1 aliphatic rings. The van der Waals surface area contributed by atoms with E-state index in [1.54, 1.807) is 0 Å². The summed E-state index contributed by atoms with van der Waals surface area (Å²) in [5.41, 5.74) is 2.52. The predicted molar refractivity (Wildman–Crippen MR) is 32.1 cm³/mol. The number of ketones is 1. The van der Waals surface area contributed by atoms with Crippen LogP contribution in [0.5, 0.6) is 0 Å². The maximum absolute atomic E-state index is 10.6. The van der Waals surface area contributed by atoms with Crippen LogP contribution in [0.4, 0.5) is 0 Å². The van der Waals surface area contributed by atoms with E-state index >= 15 is 0 Å². The van der Waals surface area contributed by atoms with E-state index in [9.17, 15) is 4.79 Å². The molecule has 1 heterocycles. The van der Waals surface area contributed by atoms with E-state index in [2.05, 4.69) is 10.5 Å². The van der Waals surface area contributed by atoms with E-state index in [-0.39, 0.29) is 18.2 Å². The van der Waals surface area contributed by atoms with E-state index in [0.29, 0.717) is 6.61 Å². The van der Waals surface area contributed by atoms with Crippen LogP contribution in [0.2, 0.25) is 0 Å². The summed E-state index contributed by atoms with van der Waals surface area (Å²) in [5.74, 6) is 0.134. The zero-order chi connectivity index (χ0) is 6.69. The first-order valence-electron chi connectivity index (χ1n) is 2.81. The minimum Gasteiger partial charge on any atom is -0.474 e. The summed E-state index contributed by atoms with van der Waals surface area (Å²) < 4.78 is 4.85. The van der Waals surface area contributed by atoms with Gasteiger partial charge < -0.3 is 4.74 Å². The zero-order valence-electron chi connectivity index (χ0n) is 5.18. The SMILES string of the molecule is CCOC1=NNCC1=O. The molecule has 0 unspecified atom stereocenters. The van der Waals surface area contributed by atoms with Crippen molar-refractivity contribution in [2.75, 3.05) is 13.2 Å². The molecule has 4 heteroatoms. The van der Waals surface area contributed by atoms with Crippen LogP contribution >= 0.6 is 0 Å². The number of ether oxygens (including phenoxy) is 1. The Morgan fingerprint density at radius 3 is 3.11 bits per heavy atom. The van der Waals surface area contributed by atoms with Crippen LogP contribution in [0, 0.1) is 0 Å². The second-order valence-corrected chi connectivity index (χ2v) is 1.61. The number of hydrogen-bond donors (Lipinski definition) is 1. The predicted octanol–water partition coefficient (Wildman–Crippen LogP) is -0.491. The number of rotatable bonds is 1. The lowest BCUT2D eigenvalue weighted by Gasteiger charge is -1.95. The normalized spacial score (nSPS) is 17.0. The lowest BCUT2D eigenvalue weighted by molar-refractivity contribution is -0.112. The lowest BCUT2D eigenvalue weighted by atomic mass is 10.4. The summed E-state index contributed by atoms with van der Waals surface area (Å²) in [6, 6.07) is 0. The zero-order valence-corrected chi connectivity index (χ0v) is 5.18. The molecular formula is C5H8N2O2. The fourth-order valence-electron chi connectivity index (χ4n) is 0.571. The maximum atomic E-state index is 10.6. The highest BCUT2D eigenvalue weighted by atomic mass is 16.5. The first-order valence-corrected chi connectivity index (χ1v) is 2.81. The van der Waals surface area contributed by atoms with Crippen LogP contribution in [-0.4, -0.2) is 24.8 Å². The van der Waals surface area contributed by atoms with Crippen molar-refractivity contribution in [3.05, 3.63) is 0 Å². The number of carbonyl (C=O) groups excluding carboxylic acids is 1. The fourth-order valence-corrected chi connectivity index (χ4v) is 0.571. The number of Topliss-reactive ketones (excluding diaryl/α,β-unsaturated/α-hetero) is 1. The van der Waals surface area contributed by atoms with Gasteiger partial charge in [0.1, 0.15) is 6.54 Å². The summed E-state index contributed by atoms with van der Waals surface area (Å²) in [6.07, 6.45) is 0. The van der Waals surface area contributed by atoms with E-state index in [1.165, 1.54) is 0 Å². The van der Waals surface area contributed by atoms with Crippen LogP contribution < -0.4 is 5.43 Å². The fraction of sp³-hybridized carbons (Fsp3) is 0.600. The molecule has 1 N–H and O–H groups in total. The summed E-state index contributed by atoms with van der Waals surface area (Å²) in [7, 11) is 0. The summed E-state index contributed by atoms with van der Waals surface area (Å²) >= 11 is 0. The van der Waals surface area contributed by atoms with Gasteiger partial charge in [-0.15, -0.1) is 5.10 Å². The maximum Gasteiger partial charge on any atom is 0.276 e. The van der Waals surface area contributed by atoms with E-state index in [0.717, 1.165) is 0 Å². The molecule has 9 heavy (non-hydrogen) atoms. The summed E-state index contributed by atoms with van der Waals surface area (Å²) in [5, 5.41) is 3.60. The quantitative estimate of drug-likeness (QED) is 0.518. The van der Waals surface area contributed by atoms with Gasteiger partial charge in [0, 0.05) is 0 Å². The van der Waals surface area contributed by atoms with Gasteiger partial charge in [-0.2, -0.15) is 0 Å². The highest BCUT2D eigenvalue weighted by Gasteiger charge is 2.17. The van der Waals surface area contributed by atoms with Gasteiger partial charge in [0.2, 0.25) is 5.78 Å². The molecule has 0 aromatic rings. The molecule has 0 saturated heterocycles. The molecule has 0 atom stereocenters. The van der Waals surface area contributed by atoms with Gasteiger partial charge in [0.05, 0.1) is 6.61 Å². The molecule has 0 aromatic carbocycles. The second-order valence-electron chi connectivity index (χ2n) is 1.61. The molecule has 0 aliphatic carbocycles. The average Bonchev–Trinajstić information content (AvgIpc) is 2.18. The van der Waals surface area contributed by atoms with Gasteiger partial charge in [-0.25, -0.2) is 0 Å². The van der Waals surface area contributed by atoms with Crippen LogP contribution in [0.15, 0.2) is 5.10 Å². The Bertz CT molecular complexity index is 153. The minimum atomic E-state index is -0.0724. The number of hydrazone groups is 1. The van der Waals surface area contributed by atoms with Crippen molar-refractivity contribution >= 4 is 11.7 Å². The molecule has 1 rings (SSSR count). The number of hydrogen-bond acceptors (Lipinski definition) is 4. The van der Waals surface area contributed by atoms with Crippen LogP contribution in [0.3, 0.4) is 0 Å². The van der Waals surface area contributed by atoms with Crippen molar-refractivity contribution in [2.24, 2.45) is 5.10 Å². The summed E-state index contributed by atoms with van der Waals surface area (Å²) in [4.78, 5) is 10.6. The third kappa shape index (κ3) is 1.19. The molecule has 0 amide bonds. The second kappa shape index (κ2) is 2.48. The molecule has 0 aromatic heterocycles. The third-order valence-corrected chi connectivity index (χ3v) is 0.940. The minimum absolute atomic E-state index is 0.0724. The Labute approximate surface area is 52.9 Å². The molecule has 50 valence electrons. The van der Waals surface area contributed by atoms with E-state index < -0.39 is 0 Å². The molecule has 0 radical (unpaired) electrons. The topological polar surface area (TPSA) is 50.7 Å². The number of nitrogens with zero attached hydrogens (tertiary/aromatic N) is 1. The Morgan fingerprint density at radius 1 is 1.89 bits per heavy atom. The molecule has 0 spiro atoms. The monoisotopic (exact) mass is 128 g/mol. The molecular weight excluding hydrogens is 120 g/mol. The van der Waals surface area contributed by atoms with Gasteiger partial charge >= 0.3 is 0 Å². The third-order valence-electron chi connectivity index (χ3n) is 0.940. The number of carbonyl (C=O) groups is 1. The molecule has 0 bridgehead atoms. The van der Waals surface area contributed by atoms with Gasteiger partial charge in [0.25, 0.3) is 5.90 Å². The van der Waals surface area contributed by atoms with Crippen molar-refractivity contribution in [3.8, 4) is 0 Å². The van der Waals surface area contributed by atoms with Gasteiger partial charge in [-0.3, -0.25) is 10.2 Å². The molecule has 0 fully saturated rings. The standard InChI is InChI=1S/C5H8N2O2/c1-2-9-5-4(8)3-6-7-5/h6H,2-3H2,1H3. The summed E-state index contributed by atoms with van der Waals surface area (Å²) in [6.45, 7) is 2.58. The molecule has 0 saturated carbocycles. The van der Waals surface area contributed by atoms with Gasteiger partial charge in [0.15, 0.2) is 0 Å². The van der Waals surface area contributed by atoms with Crippen LogP contribution in [0.1, 0.15) is 6.92 Å². The van der Waals surface area contributed by atoms with Crippen molar-refractivity contribution in [1.82, 2.24) is 5.43 Å². The van der Waals surface area contributed by atoms with Gasteiger partial charge in [-0.1, -0.05) is 0 Å². The lowest BCUT2D eigenvalue weighted by Crippen LogP contribution is -2.16. The largest absolute Gasteiger partial charge is 0.474 e. The molecule has 4 nitrogen and oxygen atoms in total. The van der Waals surface area contributed by atoms with Gasteiger partial charge in [-0.05, 0) is 6.92 Å². The first-order chi connectivity index (χ1) is 4.34. The Kier molecular flexibility index (Phi) is 1.67. The smallest absolute Gasteiger partial charge is 0.276 e. The first kappa shape index (κ1) is 6.07. The number of nitrogens with one attached hydrogen (secondary N) is 1. The van der Waals surface area contributed by atoms with Crippen LogP contribution in [0.25, 0.3) is 0 Å². The van der Waals surface area contributed by atoms with Crippen molar-refractivity contribution < 1.29 is 9.53 Å². The Morgan fingerprint density at radius 2 is 2.67 bits per heavy atom. The highest BCUT2D eigenvalue weighted by Crippen LogP contribution is 1.89. The van der Waals surface area contributed by atoms with E-state index in [1.807, 2.05) is 6.92 Å². The Balaban J connectivity index is 2.47. The molecule has 1 aliphatic heterocycles. The van der Waals surface area contributed by atoms with E-state index in [4.69, 9.17) is 4.74 Å². The van der Waals surface area contributed by atoms with Crippen molar-refractivity contribution in [1.29, 1.82) is 0 Å². The Hall–Kier alpha value is -1.06.